The van der Waals surface area contributed by atoms with E-state index in [0.717, 1.165) is 5.69 Å². The number of Topliss-reactive ketones (excluding diaryl/α,β-unsaturated/α-hetero) is 1. The summed E-state index contributed by atoms with van der Waals surface area (Å²) in [4.78, 5) is 27.7. The molecule has 2 N–H and O–H groups in total. The zero-order valence-corrected chi connectivity index (χ0v) is 13.7. The van der Waals surface area contributed by atoms with E-state index in [9.17, 15) is 9.59 Å². The summed E-state index contributed by atoms with van der Waals surface area (Å²) in [5.41, 5.74) is 2.57. The van der Waals surface area contributed by atoms with Gasteiger partial charge in [-0.05, 0) is 56.2 Å². The average Bonchev–Trinajstić information content (AvgIpc) is 3.09. The molecule has 124 valence electrons. The van der Waals surface area contributed by atoms with Gasteiger partial charge >= 0.3 is 0 Å². The molecule has 24 heavy (non-hydrogen) atoms. The van der Waals surface area contributed by atoms with Crippen LogP contribution in [0.1, 0.15) is 53.5 Å². The second kappa shape index (κ2) is 7.25. The lowest BCUT2D eigenvalue weighted by atomic mass is 10.1. The summed E-state index contributed by atoms with van der Waals surface area (Å²) in [5, 5.41) is 6.23. The Labute approximate surface area is 141 Å². The molecule has 3 rings (SSSR count). The van der Waals surface area contributed by atoms with Gasteiger partial charge in [0.1, 0.15) is 5.69 Å². The van der Waals surface area contributed by atoms with Crippen LogP contribution in [0.15, 0.2) is 42.6 Å². The van der Waals surface area contributed by atoms with E-state index in [0.29, 0.717) is 23.0 Å². The van der Waals surface area contributed by atoms with E-state index in [1.807, 2.05) is 6.07 Å². The third-order valence-corrected chi connectivity index (χ3v) is 4.27. The molecule has 1 amide bonds. The van der Waals surface area contributed by atoms with Gasteiger partial charge < -0.3 is 10.6 Å². The number of pyridine rings is 1. The number of anilines is 2. The highest BCUT2D eigenvalue weighted by atomic mass is 16.2. The van der Waals surface area contributed by atoms with E-state index in [1.54, 1.807) is 36.5 Å². The first kappa shape index (κ1) is 16.2. The van der Waals surface area contributed by atoms with Crippen molar-refractivity contribution in [1.82, 2.24) is 4.98 Å². The number of carbonyl (C=O) groups is 2. The largest absolute Gasteiger partial charge is 0.381 e. The Kier molecular flexibility index (Phi) is 4.89. The highest BCUT2D eigenvalue weighted by Gasteiger charge is 2.15. The summed E-state index contributed by atoms with van der Waals surface area (Å²) in [6.45, 7) is 1.51. The first-order chi connectivity index (χ1) is 11.6. The zero-order valence-electron chi connectivity index (χ0n) is 13.7. The predicted octanol–water partition coefficient (Wildman–Crippen LogP) is 3.89. The average molecular weight is 323 g/mol. The van der Waals surface area contributed by atoms with Crippen LogP contribution in [0.5, 0.6) is 0 Å². The molecule has 0 bridgehead atoms. The number of hydrogen-bond donors (Lipinski definition) is 2. The standard InChI is InChI=1S/C19H21N3O2/c1-13(23)14-6-8-16(9-7-14)22-19(24)18-11-10-17(12-20-18)21-15-4-2-3-5-15/h6-12,15,21H,2-5H2,1H3,(H,22,24). The lowest BCUT2D eigenvalue weighted by Crippen LogP contribution is -2.16. The maximum Gasteiger partial charge on any atom is 0.274 e. The molecule has 1 heterocycles. The Hall–Kier alpha value is -2.69. The summed E-state index contributed by atoms with van der Waals surface area (Å²) >= 11 is 0. The van der Waals surface area contributed by atoms with E-state index in [4.69, 9.17) is 0 Å². The van der Waals surface area contributed by atoms with Crippen LogP contribution in [0.3, 0.4) is 0 Å². The van der Waals surface area contributed by atoms with Crippen LogP contribution in [0.25, 0.3) is 0 Å². The Bertz CT molecular complexity index is 717. The third kappa shape index (κ3) is 3.98. The van der Waals surface area contributed by atoms with Crippen molar-refractivity contribution in [2.75, 3.05) is 10.6 Å². The molecule has 1 aliphatic rings. The van der Waals surface area contributed by atoms with Gasteiger partial charge in [0.05, 0.1) is 11.9 Å². The third-order valence-electron chi connectivity index (χ3n) is 4.27. The lowest BCUT2D eigenvalue weighted by molar-refractivity contribution is 0.101. The van der Waals surface area contributed by atoms with Crippen LogP contribution in [0.4, 0.5) is 11.4 Å². The SMILES string of the molecule is CC(=O)c1ccc(NC(=O)c2ccc(NC3CCCC3)cn2)cc1. The quantitative estimate of drug-likeness (QED) is 0.819. The fraction of sp³-hybridized carbons (Fsp3) is 0.316. The van der Waals surface area contributed by atoms with Gasteiger partial charge in [-0.15, -0.1) is 0 Å². The minimum atomic E-state index is -0.266. The second-order valence-electron chi connectivity index (χ2n) is 6.15. The normalized spacial score (nSPS) is 14.4. The molecule has 2 aromatic rings. The van der Waals surface area contributed by atoms with Crippen molar-refractivity contribution in [1.29, 1.82) is 0 Å². The molecule has 0 aliphatic heterocycles. The molecule has 1 aromatic carbocycles. The molecule has 0 atom stereocenters. The fourth-order valence-corrected chi connectivity index (χ4v) is 2.90. The summed E-state index contributed by atoms with van der Waals surface area (Å²) in [6, 6.07) is 10.9. The Morgan fingerprint density at radius 3 is 2.25 bits per heavy atom. The highest BCUT2D eigenvalue weighted by Crippen LogP contribution is 2.22. The van der Waals surface area contributed by atoms with Crippen molar-refractivity contribution in [3.05, 3.63) is 53.9 Å². The van der Waals surface area contributed by atoms with Crippen molar-refractivity contribution in [2.45, 2.75) is 38.6 Å². The van der Waals surface area contributed by atoms with Crippen LogP contribution >= 0.6 is 0 Å². The minimum absolute atomic E-state index is 0.0000975. The second-order valence-corrected chi connectivity index (χ2v) is 6.15. The zero-order chi connectivity index (χ0) is 16.9. The first-order valence-electron chi connectivity index (χ1n) is 8.27. The molecule has 0 spiro atoms. The molecule has 1 aromatic heterocycles. The topological polar surface area (TPSA) is 71.1 Å². The molecule has 0 unspecified atom stereocenters. The molecule has 0 radical (unpaired) electrons. The van der Waals surface area contributed by atoms with E-state index in [2.05, 4.69) is 15.6 Å². The monoisotopic (exact) mass is 323 g/mol. The minimum Gasteiger partial charge on any atom is -0.381 e. The van der Waals surface area contributed by atoms with Crippen molar-refractivity contribution < 1.29 is 9.59 Å². The number of ketones is 1. The maximum absolute atomic E-state index is 12.2. The van der Waals surface area contributed by atoms with Gasteiger partial charge in [0.15, 0.2) is 5.78 Å². The van der Waals surface area contributed by atoms with Gasteiger partial charge in [-0.2, -0.15) is 0 Å². The number of hydrogen-bond acceptors (Lipinski definition) is 4. The number of nitrogens with zero attached hydrogens (tertiary/aromatic N) is 1. The van der Waals surface area contributed by atoms with Gasteiger partial charge in [-0.3, -0.25) is 9.59 Å². The number of carbonyl (C=O) groups excluding carboxylic acids is 2. The van der Waals surface area contributed by atoms with E-state index < -0.39 is 0 Å². The lowest BCUT2D eigenvalue weighted by Gasteiger charge is -2.13. The summed E-state index contributed by atoms with van der Waals surface area (Å²) in [5.74, 6) is -0.266. The van der Waals surface area contributed by atoms with Crippen LogP contribution in [0, 0.1) is 0 Å². The van der Waals surface area contributed by atoms with Crippen molar-refractivity contribution in [2.24, 2.45) is 0 Å². The summed E-state index contributed by atoms with van der Waals surface area (Å²) in [7, 11) is 0. The number of nitrogens with one attached hydrogen (secondary N) is 2. The summed E-state index contributed by atoms with van der Waals surface area (Å²) < 4.78 is 0. The van der Waals surface area contributed by atoms with E-state index in [1.165, 1.54) is 32.6 Å². The molecule has 1 aliphatic carbocycles. The number of amides is 1. The molecular weight excluding hydrogens is 302 g/mol. The number of benzene rings is 1. The van der Waals surface area contributed by atoms with Crippen molar-refractivity contribution in [3.8, 4) is 0 Å². The van der Waals surface area contributed by atoms with Crippen LogP contribution < -0.4 is 10.6 Å². The fourth-order valence-electron chi connectivity index (χ4n) is 2.90. The molecule has 0 saturated heterocycles. The van der Waals surface area contributed by atoms with Crippen LogP contribution in [-0.2, 0) is 0 Å². The van der Waals surface area contributed by atoms with Crippen LogP contribution in [-0.4, -0.2) is 22.7 Å². The molecule has 1 fully saturated rings. The van der Waals surface area contributed by atoms with Gasteiger partial charge in [0, 0.05) is 17.3 Å². The molecule has 5 nitrogen and oxygen atoms in total. The van der Waals surface area contributed by atoms with E-state index >= 15 is 0 Å². The smallest absolute Gasteiger partial charge is 0.274 e. The van der Waals surface area contributed by atoms with Gasteiger partial charge in [0.25, 0.3) is 5.91 Å². The van der Waals surface area contributed by atoms with E-state index in [-0.39, 0.29) is 11.7 Å². The molecule has 5 heteroatoms. The maximum atomic E-state index is 12.2. The Balaban J connectivity index is 1.60. The van der Waals surface area contributed by atoms with Crippen molar-refractivity contribution >= 4 is 23.1 Å². The Morgan fingerprint density at radius 1 is 1.00 bits per heavy atom. The highest BCUT2D eigenvalue weighted by molar-refractivity contribution is 6.03. The number of aromatic nitrogens is 1. The van der Waals surface area contributed by atoms with Crippen LogP contribution in [0.2, 0.25) is 0 Å². The predicted molar refractivity (Wildman–Crippen MR) is 94.5 cm³/mol. The first-order valence-corrected chi connectivity index (χ1v) is 8.27. The molecular formula is C19H21N3O2. The summed E-state index contributed by atoms with van der Waals surface area (Å²) in [6.07, 6.45) is 6.63. The van der Waals surface area contributed by atoms with Gasteiger partial charge in [-0.25, -0.2) is 4.98 Å². The molecule has 1 saturated carbocycles. The van der Waals surface area contributed by atoms with Crippen molar-refractivity contribution in [3.63, 3.8) is 0 Å². The number of rotatable bonds is 5. The van der Waals surface area contributed by atoms with Gasteiger partial charge in [0.2, 0.25) is 0 Å². The van der Waals surface area contributed by atoms with Gasteiger partial charge in [-0.1, -0.05) is 12.8 Å². The Morgan fingerprint density at radius 2 is 1.67 bits per heavy atom.